The van der Waals surface area contributed by atoms with Crippen molar-refractivity contribution in [1.82, 2.24) is 0 Å². The van der Waals surface area contributed by atoms with Gasteiger partial charge in [-0.2, -0.15) is 0 Å². The van der Waals surface area contributed by atoms with Crippen LogP contribution in [0.4, 0.5) is 5.69 Å². The molecular formula is C22H24N2O3. The molecule has 0 radical (unpaired) electrons. The minimum absolute atomic E-state index is 0.186. The third-order valence-corrected chi connectivity index (χ3v) is 4.33. The van der Waals surface area contributed by atoms with E-state index in [0.29, 0.717) is 23.6 Å². The van der Waals surface area contributed by atoms with Gasteiger partial charge in [0.1, 0.15) is 5.56 Å². The van der Waals surface area contributed by atoms with Crippen LogP contribution in [-0.2, 0) is 6.42 Å². The van der Waals surface area contributed by atoms with Crippen LogP contribution >= 0.6 is 0 Å². The first kappa shape index (κ1) is 18.7. The minimum Gasteiger partial charge on any atom is -0.490 e. The molecule has 0 aliphatic heterocycles. The topological polar surface area (TPSA) is 75.3 Å². The summed E-state index contributed by atoms with van der Waals surface area (Å²) in [6.45, 7) is 4.55. The van der Waals surface area contributed by atoms with Crippen LogP contribution < -0.4 is 15.6 Å². The number of hydrogen-bond acceptors (Lipinski definition) is 4. The van der Waals surface area contributed by atoms with Crippen molar-refractivity contribution in [3.8, 4) is 5.75 Å². The van der Waals surface area contributed by atoms with Crippen LogP contribution in [0.2, 0.25) is 0 Å². The van der Waals surface area contributed by atoms with E-state index in [1.54, 1.807) is 12.1 Å². The Hall–Kier alpha value is -3.08. The largest absolute Gasteiger partial charge is 0.490 e. The lowest BCUT2D eigenvalue weighted by atomic mass is 10.1. The molecule has 0 aliphatic rings. The number of hydrogen-bond donors (Lipinski definition) is 2. The third-order valence-electron chi connectivity index (χ3n) is 4.33. The number of rotatable bonds is 7. The number of fused-ring (bicyclic) bond motifs is 1. The van der Waals surface area contributed by atoms with E-state index >= 15 is 0 Å². The van der Waals surface area contributed by atoms with Gasteiger partial charge in [0.15, 0.2) is 11.3 Å². The average molecular weight is 364 g/mol. The Labute approximate surface area is 158 Å². The zero-order chi connectivity index (χ0) is 19.2. The first-order valence-corrected chi connectivity index (χ1v) is 9.27. The second-order valence-electron chi connectivity index (χ2n) is 6.35. The third kappa shape index (κ3) is 4.37. The molecule has 140 valence electrons. The Morgan fingerprint density at radius 2 is 1.93 bits per heavy atom. The molecule has 27 heavy (non-hydrogen) atoms. The molecule has 0 saturated carbocycles. The number of nitrogens with one attached hydrogen (secondary N) is 2. The number of ether oxygens (including phenoxy) is 1. The smallest absolute Gasteiger partial charge is 0.261 e. The van der Waals surface area contributed by atoms with Gasteiger partial charge in [-0.15, -0.1) is 0 Å². The first-order valence-electron chi connectivity index (χ1n) is 9.27. The van der Waals surface area contributed by atoms with Crippen LogP contribution in [0.5, 0.6) is 5.75 Å². The van der Waals surface area contributed by atoms with Gasteiger partial charge < -0.3 is 14.5 Å². The molecule has 1 amide bonds. The van der Waals surface area contributed by atoms with Crippen molar-refractivity contribution in [3.63, 3.8) is 0 Å². The van der Waals surface area contributed by atoms with Gasteiger partial charge in [-0.3, -0.25) is 10.2 Å². The Morgan fingerprint density at radius 3 is 2.63 bits per heavy atom. The summed E-state index contributed by atoms with van der Waals surface area (Å²) in [6, 6.07) is 14.9. The zero-order valence-corrected chi connectivity index (χ0v) is 15.7. The number of carbonyl (C=O) groups excluding carboxylic acids is 1. The first-order chi connectivity index (χ1) is 13.1. The summed E-state index contributed by atoms with van der Waals surface area (Å²) in [4.78, 5) is 12.6. The van der Waals surface area contributed by atoms with Gasteiger partial charge in [-0.25, -0.2) is 0 Å². The zero-order valence-electron chi connectivity index (χ0n) is 15.7. The summed E-state index contributed by atoms with van der Waals surface area (Å²) in [5, 5.41) is 11.7. The second-order valence-corrected chi connectivity index (χ2v) is 6.35. The molecule has 3 rings (SSSR count). The van der Waals surface area contributed by atoms with Gasteiger partial charge in [0, 0.05) is 11.1 Å². The van der Waals surface area contributed by atoms with Crippen molar-refractivity contribution in [1.29, 1.82) is 5.41 Å². The number of unbranched alkanes of at least 4 members (excludes halogenated alkanes) is 1. The van der Waals surface area contributed by atoms with Crippen LogP contribution in [-0.4, -0.2) is 12.5 Å². The highest BCUT2D eigenvalue weighted by atomic mass is 16.5. The fraction of sp³-hybridized carbons (Fsp3) is 0.273. The second kappa shape index (κ2) is 8.54. The van der Waals surface area contributed by atoms with Crippen molar-refractivity contribution in [2.75, 3.05) is 11.9 Å². The number of para-hydroxylation sites is 1. The predicted molar refractivity (Wildman–Crippen MR) is 106 cm³/mol. The standard InChI is InChI=1S/C22H24N2O3/c1-3-5-7-15-10-12-17(13-11-15)24-22(25)18-14-16-8-6-9-19(26-4-2)20(16)27-21(18)23/h6,8-14,23H,3-5,7H2,1-2H3,(H,24,25). The molecule has 0 atom stereocenters. The maximum absolute atomic E-state index is 12.6. The van der Waals surface area contributed by atoms with Crippen molar-refractivity contribution in [2.45, 2.75) is 33.1 Å². The molecule has 0 spiro atoms. The molecule has 2 N–H and O–H groups in total. The maximum atomic E-state index is 12.6. The molecular weight excluding hydrogens is 340 g/mol. The van der Waals surface area contributed by atoms with Crippen LogP contribution in [0.15, 0.2) is 52.9 Å². The Bertz CT molecular complexity index is 991. The molecule has 0 aliphatic carbocycles. The molecule has 5 nitrogen and oxygen atoms in total. The molecule has 3 aromatic rings. The van der Waals surface area contributed by atoms with E-state index in [4.69, 9.17) is 14.6 Å². The lowest BCUT2D eigenvalue weighted by molar-refractivity contribution is 0.102. The fourth-order valence-electron chi connectivity index (χ4n) is 2.91. The van der Waals surface area contributed by atoms with Gasteiger partial charge in [0.2, 0.25) is 5.55 Å². The maximum Gasteiger partial charge on any atom is 0.261 e. The van der Waals surface area contributed by atoms with Gasteiger partial charge >= 0.3 is 0 Å². The van der Waals surface area contributed by atoms with Crippen LogP contribution in [0.1, 0.15) is 42.6 Å². The molecule has 0 unspecified atom stereocenters. The lowest BCUT2D eigenvalue weighted by Gasteiger charge is -2.09. The lowest BCUT2D eigenvalue weighted by Crippen LogP contribution is -2.20. The Kier molecular flexibility index (Phi) is 5.91. The SMILES string of the molecule is CCCCc1ccc(NC(=O)c2cc3cccc(OCC)c3oc2=N)cc1. The fourth-order valence-corrected chi connectivity index (χ4v) is 2.91. The molecule has 5 heteroatoms. The number of amides is 1. The predicted octanol–water partition coefficient (Wildman–Crippen LogP) is 4.91. The number of anilines is 1. The number of aryl methyl sites for hydroxylation is 1. The van der Waals surface area contributed by atoms with Gasteiger partial charge in [0.05, 0.1) is 6.61 Å². The van der Waals surface area contributed by atoms with Crippen LogP contribution in [0, 0.1) is 5.41 Å². The minimum atomic E-state index is -0.367. The highest BCUT2D eigenvalue weighted by molar-refractivity contribution is 6.05. The highest BCUT2D eigenvalue weighted by Crippen LogP contribution is 2.25. The van der Waals surface area contributed by atoms with Crippen molar-refractivity contribution < 1.29 is 13.9 Å². The van der Waals surface area contributed by atoms with Crippen LogP contribution in [0.25, 0.3) is 11.0 Å². The van der Waals surface area contributed by atoms with Crippen molar-refractivity contribution >= 4 is 22.6 Å². The Morgan fingerprint density at radius 1 is 1.15 bits per heavy atom. The summed E-state index contributed by atoms with van der Waals surface area (Å²) in [7, 11) is 0. The monoisotopic (exact) mass is 364 g/mol. The number of carbonyl (C=O) groups is 1. The molecule has 0 saturated heterocycles. The highest BCUT2D eigenvalue weighted by Gasteiger charge is 2.14. The van der Waals surface area contributed by atoms with E-state index in [1.165, 1.54) is 5.56 Å². The van der Waals surface area contributed by atoms with E-state index < -0.39 is 0 Å². The summed E-state index contributed by atoms with van der Waals surface area (Å²) in [5.41, 5.74) is 2.42. The van der Waals surface area contributed by atoms with E-state index in [-0.39, 0.29) is 17.0 Å². The van der Waals surface area contributed by atoms with E-state index in [2.05, 4.69) is 12.2 Å². The summed E-state index contributed by atoms with van der Waals surface area (Å²) in [5.74, 6) is 0.201. The molecule has 0 bridgehead atoms. The average Bonchev–Trinajstić information content (AvgIpc) is 2.67. The van der Waals surface area contributed by atoms with Gasteiger partial charge in [-0.05, 0) is 49.6 Å². The summed E-state index contributed by atoms with van der Waals surface area (Å²) < 4.78 is 11.1. The number of benzene rings is 2. The van der Waals surface area contributed by atoms with Gasteiger partial charge in [-0.1, -0.05) is 37.6 Å². The van der Waals surface area contributed by atoms with Crippen LogP contribution in [0.3, 0.4) is 0 Å². The normalized spacial score (nSPS) is 10.7. The van der Waals surface area contributed by atoms with Crippen molar-refractivity contribution in [2.24, 2.45) is 0 Å². The summed E-state index contributed by atoms with van der Waals surface area (Å²) >= 11 is 0. The summed E-state index contributed by atoms with van der Waals surface area (Å²) in [6.07, 6.45) is 3.34. The quantitative estimate of drug-likeness (QED) is 0.626. The Balaban J connectivity index is 1.83. The molecule has 2 aromatic carbocycles. The van der Waals surface area contributed by atoms with Gasteiger partial charge in [0.25, 0.3) is 5.91 Å². The molecule has 1 aromatic heterocycles. The molecule has 1 heterocycles. The van der Waals surface area contributed by atoms with E-state index in [1.807, 2.05) is 43.3 Å². The van der Waals surface area contributed by atoms with E-state index in [0.717, 1.165) is 24.6 Å². The van der Waals surface area contributed by atoms with Crippen molar-refractivity contribution in [3.05, 3.63) is 65.2 Å². The molecule has 0 fully saturated rings. The van der Waals surface area contributed by atoms with E-state index in [9.17, 15) is 4.79 Å².